The average Bonchev–Trinajstić information content (AvgIpc) is 2.04. The summed E-state index contributed by atoms with van der Waals surface area (Å²) >= 11 is 3.37. The van der Waals surface area contributed by atoms with Gasteiger partial charge >= 0.3 is 0 Å². The Bertz CT molecular complexity index is 274. The van der Waals surface area contributed by atoms with Crippen LogP contribution >= 0.6 is 15.9 Å². The number of halogens is 1. The molecule has 3 nitrogen and oxygen atoms in total. The summed E-state index contributed by atoms with van der Waals surface area (Å²) in [6, 6.07) is 0. The third kappa shape index (κ3) is 3.25. The molecule has 0 bridgehead atoms. The summed E-state index contributed by atoms with van der Waals surface area (Å²) in [5.41, 5.74) is 7.55. The smallest absolute Gasteiger partial charge is 0.221 e. The Morgan fingerprint density at radius 2 is 1.71 bits per heavy atom. The van der Waals surface area contributed by atoms with Gasteiger partial charge in [0.1, 0.15) is 4.60 Å². The highest BCUT2D eigenvalue weighted by Gasteiger charge is 2.10. The predicted molar refractivity (Wildman–Crippen MR) is 64.3 cm³/mol. The minimum Gasteiger partial charge on any atom is -0.368 e. The van der Waals surface area contributed by atoms with Gasteiger partial charge < -0.3 is 5.73 Å². The molecule has 0 spiro atoms. The van der Waals surface area contributed by atoms with Gasteiger partial charge in [0.2, 0.25) is 5.95 Å². The Kier molecular flexibility index (Phi) is 5.69. The van der Waals surface area contributed by atoms with Gasteiger partial charge in [-0.3, -0.25) is 0 Å². The number of hydrogen-bond donors (Lipinski definition) is 1. The van der Waals surface area contributed by atoms with Gasteiger partial charge in [0.05, 0.1) is 0 Å². The second-order valence-corrected chi connectivity index (χ2v) is 3.78. The van der Waals surface area contributed by atoms with E-state index in [1.807, 2.05) is 20.8 Å². The van der Waals surface area contributed by atoms with E-state index < -0.39 is 0 Å². The van der Waals surface area contributed by atoms with E-state index in [-0.39, 0.29) is 0 Å². The molecule has 1 heterocycles. The number of anilines is 1. The van der Waals surface area contributed by atoms with Crippen molar-refractivity contribution >= 4 is 21.9 Å². The lowest BCUT2D eigenvalue weighted by Gasteiger charge is -2.10. The molecule has 1 aromatic heterocycles. The summed E-state index contributed by atoms with van der Waals surface area (Å²) in [6.07, 6.45) is 0. The lowest BCUT2D eigenvalue weighted by atomic mass is 10.0. The van der Waals surface area contributed by atoms with E-state index in [0.29, 0.717) is 11.9 Å². The topological polar surface area (TPSA) is 51.8 Å². The van der Waals surface area contributed by atoms with Crippen molar-refractivity contribution in [3.05, 3.63) is 15.9 Å². The number of aryl methyl sites for hydroxylation is 1. The SMILES string of the molecule is CC.Cc1nc(N)nc(Br)c1C(C)C. The number of nitrogen functional groups attached to an aromatic ring is 1. The Morgan fingerprint density at radius 3 is 2.07 bits per heavy atom. The van der Waals surface area contributed by atoms with E-state index in [1.165, 1.54) is 0 Å². The zero-order chi connectivity index (χ0) is 11.3. The van der Waals surface area contributed by atoms with Gasteiger partial charge in [0, 0.05) is 11.3 Å². The molecule has 0 aliphatic heterocycles. The molecule has 0 saturated carbocycles. The van der Waals surface area contributed by atoms with Crippen LogP contribution in [-0.2, 0) is 0 Å². The minimum absolute atomic E-state index is 0.323. The third-order valence-corrected chi connectivity index (χ3v) is 2.29. The fourth-order valence-corrected chi connectivity index (χ4v) is 2.15. The molecule has 0 amide bonds. The second-order valence-electron chi connectivity index (χ2n) is 3.03. The molecule has 0 saturated heterocycles. The van der Waals surface area contributed by atoms with Gasteiger partial charge in [-0.1, -0.05) is 27.7 Å². The summed E-state index contributed by atoms with van der Waals surface area (Å²) in [5, 5.41) is 0. The van der Waals surface area contributed by atoms with Gasteiger partial charge in [-0.05, 0) is 28.8 Å². The number of rotatable bonds is 1. The van der Waals surface area contributed by atoms with Crippen molar-refractivity contribution in [3.63, 3.8) is 0 Å². The van der Waals surface area contributed by atoms with Crippen LogP contribution in [0.2, 0.25) is 0 Å². The Morgan fingerprint density at radius 1 is 1.21 bits per heavy atom. The molecule has 2 N–H and O–H groups in total. The van der Waals surface area contributed by atoms with Crippen molar-refractivity contribution in [2.24, 2.45) is 0 Å². The molecule has 0 unspecified atom stereocenters. The molecular weight excluding hydrogens is 242 g/mol. The Balaban J connectivity index is 0.000000791. The number of aromatic nitrogens is 2. The van der Waals surface area contributed by atoms with Gasteiger partial charge in [0.25, 0.3) is 0 Å². The summed E-state index contributed by atoms with van der Waals surface area (Å²) in [4.78, 5) is 8.13. The van der Waals surface area contributed by atoms with Crippen molar-refractivity contribution in [1.29, 1.82) is 0 Å². The highest BCUT2D eigenvalue weighted by Crippen LogP contribution is 2.25. The second kappa shape index (κ2) is 5.96. The van der Waals surface area contributed by atoms with Gasteiger partial charge in [-0.2, -0.15) is 0 Å². The molecule has 0 aliphatic rings. The van der Waals surface area contributed by atoms with Crippen molar-refractivity contribution in [3.8, 4) is 0 Å². The van der Waals surface area contributed by atoms with E-state index >= 15 is 0 Å². The molecule has 1 aromatic rings. The van der Waals surface area contributed by atoms with Crippen molar-refractivity contribution < 1.29 is 0 Å². The minimum atomic E-state index is 0.323. The first kappa shape index (κ1) is 13.4. The molecule has 0 aromatic carbocycles. The summed E-state index contributed by atoms with van der Waals surface area (Å²) in [6.45, 7) is 10.2. The zero-order valence-corrected chi connectivity index (χ0v) is 11.0. The molecule has 14 heavy (non-hydrogen) atoms. The first-order valence-electron chi connectivity index (χ1n) is 4.82. The first-order chi connectivity index (χ1) is 6.52. The van der Waals surface area contributed by atoms with E-state index in [1.54, 1.807) is 0 Å². The van der Waals surface area contributed by atoms with Gasteiger partial charge in [-0.15, -0.1) is 0 Å². The highest BCUT2D eigenvalue weighted by molar-refractivity contribution is 9.10. The largest absolute Gasteiger partial charge is 0.368 e. The summed E-state index contributed by atoms with van der Waals surface area (Å²) in [5.74, 6) is 0.740. The average molecular weight is 260 g/mol. The summed E-state index contributed by atoms with van der Waals surface area (Å²) < 4.78 is 0.808. The fourth-order valence-electron chi connectivity index (χ4n) is 1.22. The predicted octanol–water partition coefficient (Wildman–Crippen LogP) is 3.28. The van der Waals surface area contributed by atoms with Crippen LogP contribution in [0.1, 0.15) is 44.9 Å². The maximum atomic E-state index is 5.48. The van der Waals surface area contributed by atoms with Crippen molar-refractivity contribution in [2.45, 2.75) is 40.5 Å². The first-order valence-corrected chi connectivity index (χ1v) is 5.61. The zero-order valence-electron chi connectivity index (χ0n) is 9.43. The fraction of sp³-hybridized carbons (Fsp3) is 0.600. The van der Waals surface area contributed by atoms with Crippen LogP contribution in [0, 0.1) is 6.92 Å². The molecule has 0 atom stereocenters. The lowest BCUT2D eigenvalue weighted by molar-refractivity contribution is 0.821. The molecular formula is C10H18BrN3. The molecule has 0 radical (unpaired) electrons. The summed E-state index contributed by atoms with van der Waals surface area (Å²) in [7, 11) is 0. The normalized spacial score (nSPS) is 9.64. The lowest BCUT2D eigenvalue weighted by Crippen LogP contribution is -2.03. The van der Waals surface area contributed by atoms with Gasteiger partial charge in [-0.25, -0.2) is 9.97 Å². The number of hydrogen-bond acceptors (Lipinski definition) is 3. The molecule has 4 heteroatoms. The van der Waals surface area contributed by atoms with E-state index in [2.05, 4.69) is 39.7 Å². The van der Waals surface area contributed by atoms with Crippen LogP contribution in [0.3, 0.4) is 0 Å². The molecule has 80 valence electrons. The van der Waals surface area contributed by atoms with Crippen LogP contribution in [0.25, 0.3) is 0 Å². The molecule has 0 aliphatic carbocycles. The standard InChI is InChI=1S/C8H12BrN3.C2H6/c1-4(2)6-5(3)11-8(10)12-7(6)9;1-2/h4H,1-3H3,(H2,10,11,12);1-2H3. The van der Waals surface area contributed by atoms with E-state index in [9.17, 15) is 0 Å². The molecule has 1 rings (SSSR count). The van der Waals surface area contributed by atoms with E-state index in [0.717, 1.165) is 15.9 Å². The van der Waals surface area contributed by atoms with Crippen LogP contribution in [-0.4, -0.2) is 9.97 Å². The van der Waals surface area contributed by atoms with Crippen molar-refractivity contribution in [1.82, 2.24) is 9.97 Å². The van der Waals surface area contributed by atoms with Crippen LogP contribution in [0.4, 0.5) is 5.95 Å². The van der Waals surface area contributed by atoms with Crippen LogP contribution < -0.4 is 5.73 Å². The van der Waals surface area contributed by atoms with Crippen molar-refractivity contribution in [2.75, 3.05) is 5.73 Å². The van der Waals surface area contributed by atoms with Crippen LogP contribution in [0.5, 0.6) is 0 Å². The number of nitrogens with zero attached hydrogens (tertiary/aromatic N) is 2. The Labute approximate surface area is 94.3 Å². The maximum absolute atomic E-state index is 5.48. The van der Waals surface area contributed by atoms with E-state index in [4.69, 9.17) is 5.73 Å². The highest BCUT2D eigenvalue weighted by atomic mass is 79.9. The Hall–Kier alpha value is -0.640. The maximum Gasteiger partial charge on any atom is 0.221 e. The third-order valence-electron chi connectivity index (χ3n) is 1.68. The quantitative estimate of drug-likeness (QED) is 0.788. The monoisotopic (exact) mass is 259 g/mol. The van der Waals surface area contributed by atoms with Gasteiger partial charge in [0.15, 0.2) is 0 Å². The number of nitrogens with two attached hydrogens (primary N) is 1. The molecule has 0 fully saturated rings. The van der Waals surface area contributed by atoms with Crippen LogP contribution in [0.15, 0.2) is 4.60 Å².